The number of amides is 4. The molecule has 0 saturated carbocycles. The van der Waals surface area contributed by atoms with Gasteiger partial charge in [-0.2, -0.15) is 0 Å². The monoisotopic (exact) mass is 720 g/mol. The van der Waals surface area contributed by atoms with Crippen molar-refractivity contribution < 1.29 is 44.5 Å². The van der Waals surface area contributed by atoms with Gasteiger partial charge in [-0.3, -0.25) is 19.2 Å². The predicted octanol–water partition coefficient (Wildman–Crippen LogP) is -0.381. The number of carboxylic acids is 2. The van der Waals surface area contributed by atoms with E-state index in [4.69, 9.17) is 11.5 Å². The van der Waals surface area contributed by atoms with Crippen LogP contribution in [0.1, 0.15) is 53.4 Å². The van der Waals surface area contributed by atoms with Crippen molar-refractivity contribution in [2.75, 3.05) is 0 Å². The molecule has 0 aromatic carbocycles. The third-order valence-corrected chi connectivity index (χ3v) is 12.5. The maximum Gasteiger partial charge on any atom is 0.327 e. The number of carboxylic acid groups (broad SMARTS) is 2. The summed E-state index contributed by atoms with van der Waals surface area (Å²) in [6.07, 6.45) is 14.5. The molecule has 4 saturated heterocycles. The highest BCUT2D eigenvalue weighted by molar-refractivity contribution is 8.02. The van der Waals surface area contributed by atoms with E-state index in [2.05, 4.69) is 10.6 Å². The molecular formula is C32H44N6O9S2. The van der Waals surface area contributed by atoms with Crippen molar-refractivity contribution in [1.29, 1.82) is 0 Å². The van der Waals surface area contributed by atoms with Crippen molar-refractivity contribution in [1.82, 2.24) is 20.4 Å². The van der Waals surface area contributed by atoms with Gasteiger partial charge in [-0.25, -0.2) is 9.59 Å². The summed E-state index contributed by atoms with van der Waals surface area (Å²) in [6.45, 7) is 7.19. The number of hydrogen-bond acceptors (Lipinski definition) is 10. The normalized spacial score (nSPS) is 31.1. The zero-order valence-corrected chi connectivity index (χ0v) is 29.3. The maximum atomic E-state index is 12.4. The molecule has 0 spiro atoms. The van der Waals surface area contributed by atoms with E-state index in [-0.39, 0.29) is 28.0 Å². The molecule has 4 heterocycles. The average molecular weight is 721 g/mol. The molecule has 2 aliphatic carbocycles. The molecular weight excluding hydrogens is 677 g/mol. The number of rotatable bonds is 8. The van der Waals surface area contributed by atoms with Gasteiger partial charge in [0.1, 0.15) is 47.0 Å². The van der Waals surface area contributed by atoms with Gasteiger partial charge in [-0.05, 0) is 64.5 Å². The molecule has 17 heteroatoms. The summed E-state index contributed by atoms with van der Waals surface area (Å²) in [7, 11) is 0. The van der Waals surface area contributed by atoms with Gasteiger partial charge in [-0.1, -0.05) is 36.5 Å². The number of aliphatic carboxylic acids is 2. The van der Waals surface area contributed by atoms with Gasteiger partial charge in [0.05, 0.1) is 0 Å². The first kappa shape index (κ1) is 38.2. The summed E-state index contributed by atoms with van der Waals surface area (Å²) in [5.74, 6) is -3.56. The van der Waals surface area contributed by atoms with Gasteiger partial charge in [0.15, 0.2) is 0 Å². The minimum atomic E-state index is -1.02. The van der Waals surface area contributed by atoms with Crippen LogP contribution >= 0.6 is 23.5 Å². The van der Waals surface area contributed by atoms with Crippen LogP contribution in [0.4, 0.5) is 0 Å². The zero-order valence-electron chi connectivity index (χ0n) is 27.6. The standard InChI is InChI=1S/2C16H21N3O4S.H2O/c2*1-16(2)11(15(22)23)19-13(21)10(14(19)24-16)18-12(20)9(17)8-6-4-3-5-7-8;/h2*3-4,7,9-11,14H,5-6,17H2,1-2H3,(H,18,20)(H,22,23);1H2/t2*9-,10-,11+,14-;/m11./s1. The number of allylic oxidation sites excluding steroid dienone is 6. The Labute approximate surface area is 292 Å². The van der Waals surface area contributed by atoms with Crippen LogP contribution in [0.3, 0.4) is 0 Å². The molecule has 49 heavy (non-hydrogen) atoms. The number of nitrogens with two attached hydrogens (primary N) is 2. The smallest absolute Gasteiger partial charge is 0.327 e. The Hall–Kier alpha value is -3.64. The van der Waals surface area contributed by atoms with Crippen LogP contribution in [0.25, 0.3) is 0 Å². The van der Waals surface area contributed by atoms with Crippen LogP contribution in [0.5, 0.6) is 0 Å². The van der Waals surface area contributed by atoms with Crippen LogP contribution in [0.15, 0.2) is 47.6 Å². The van der Waals surface area contributed by atoms with Crippen LogP contribution in [0, 0.1) is 0 Å². The Kier molecular flexibility index (Phi) is 11.1. The van der Waals surface area contributed by atoms with Crippen molar-refractivity contribution >= 4 is 59.1 Å². The fourth-order valence-electron chi connectivity index (χ4n) is 6.86. The number of β-lactam (4-membered cyclic amide) rings is 2. The molecule has 4 aliphatic heterocycles. The van der Waals surface area contributed by atoms with E-state index in [9.17, 15) is 39.0 Å². The summed E-state index contributed by atoms with van der Waals surface area (Å²) in [4.78, 5) is 75.1. The SMILES string of the molecule is CC1(C)S[C@@H]2[C@H](NC(=O)[C@H](N)C3=CCC=CC3)C(=O)N2[C@H]1C(=O)O.CC1(C)S[C@@H]2[C@H](NC(=O)[C@H](N)C3=CCC=CC3)C(=O)N2[C@H]1C(=O)O.O. The lowest BCUT2D eigenvalue weighted by atomic mass is 9.95. The number of nitrogens with one attached hydrogen (secondary N) is 2. The molecule has 6 rings (SSSR count). The zero-order chi connectivity index (χ0) is 35.3. The number of fused-ring (bicyclic) bond motifs is 2. The number of carbonyl (C=O) groups is 6. The van der Waals surface area contributed by atoms with Crippen LogP contribution in [-0.2, 0) is 28.8 Å². The van der Waals surface area contributed by atoms with Gasteiger partial charge < -0.3 is 47.6 Å². The van der Waals surface area contributed by atoms with Crippen molar-refractivity contribution in [3.05, 3.63) is 47.6 Å². The van der Waals surface area contributed by atoms with Gasteiger partial charge in [0, 0.05) is 9.49 Å². The largest absolute Gasteiger partial charge is 0.480 e. The minimum Gasteiger partial charge on any atom is -0.480 e. The highest BCUT2D eigenvalue weighted by atomic mass is 32.2. The van der Waals surface area contributed by atoms with E-state index in [0.29, 0.717) is 12.8 Å². The lowest BCUT2D eigenvalue weighted by Gasteiger charge is -2.43. The Balaban J connectivity index is 0.000000216. The van der Waals surface area contributed by atoms with Crippen LogP contribution in [-0.4, -0.2) is 118 Å². The van der Waals surface area contributed by atoms with Crippen molar-refractivity contribution in [3.8, 4) is 0 Å². The average Bonchev–Trinajstić information content (AvgIpc) is 3.47. The molecule has 268 valence electrons. The summed E-state index contributed by atoms with van der Waals surface area (Å²) in [5.41, 5.74) is 13.7. The van der Waals surface area contributed by atoms with Crippen molar-refractivity contribution in [2.24, 2.45) is 11.5 Å². The van der Waals surface area contributed by atoms with Gasteiger partial charge in [0.2, 0.25) is 23.6 Å². The lowest BCUT2D eigenvalue weighted by Crippen LogP contribution is -2.71. The van der Waals surface area contributed by atoms with Crippen LogP contribution in [0.2, 0.25) is 0 Å². The summed E-state index contributed by atoms with van der Waals surface area (Å²) < 4.78 is -1.21. The molecule has 10 N–H and O–H groups in total. The highest BCUT2D eigenvalue weighted by Gasteiger charge is 2.65. The number of hydrogen-bond donors (Lipinski definition) is 6. The Morgan fingerprint density at radius 2 is 1.08 bits per heavy atom. The highest BCUT2D eigenvalue weighted by Crippen LogP contribution is 2.51. The van der Waals surface area contributed by atoms with Gasteiger partial charge in [0.25, 0.3) is 0 Å². The molecule has 0 radical (unpaired) electrons. The maximum absolute atomic E-state index is 12.4. The van der Waals surface area contributed by atoms with Gasteiger partial charge in [-0.15, -0.1) is 23.5 Å². The number of carbonyl (C=O) groups excluding carboxylic acids is 4. The first-order valence-electron chi connectivity index (χ1n) is 15.7. The van der Waals surface area contributed by atoms with E-state index in [1.807, 2.05) is 36.5 Å². The summed E-state index contributed by atoms with van der Waals surface area (Å²) in [5, 5.41) is 23.5. The Bertz CT molecular complexity index is 1430. The summed E-state index contributed by atoms with van der Waals surface area (Å²) in [6, 6.07) is -4.76. The fraction of sp³-hybridized carbons (Fsp3) is 0.562. The van der Waals surface area contributed by atoms with E-state index in [0.717, 1.165) is 24.0 Å². The third kappa shape index (κ3) is 7.04. The lowest BCUT2D eigenvalue weighted by molar-refractivity contribution is -0.161. The fourth-order valence-corrected chi connectivity index (χ4v) is 10.1. The topological polar surface area (TPSA) is 257 Å². The summed E-state index contributed by atoms with van der Waals surface area (Å²) >= 11 is 2.80. The van der Waals surface area contributed by atoms with Crippen LogP contribution < -0.4 is 22.1 Å². The van der Waals surface area contributed by atoms with E-state index in [1.54, 1.807) is 27.7 Å². The third-order valence-electron chi connectivity index (χ3n) is 9.38. The first-order valence-corrected chi connectivity index (χ1v) is 17.5. The Morgan fingerprint density at radius 3 is 1.37 bits per heavy atom. The molecule has 4 fully saturated rings. The van der Waals surface area contributed by atoms with E-state index < -0.39 is 69.5 Å². The molecule has 0 aromatic rings. The number of thioether (sulfide) groups is 2. The quantitative estimate of drug-likeness (QED) is 0.139. The second-order valence-corrected chi connectivity index (χ2v) is 17.0. The van der Waals surface area contributed by atoms with E-state index in [1.165, 1.54) is 33.3 Å². The molecule has 0 bridgehead atoms. The molecule has 4 amide bonds. The second kappa shape index (κ2) is 14.3. The molecule has 0 unspecified atom stereocenters. The molecule has 8 atom stereocenters. The van der Waals surface area contributed by atoms with Crippen molar-refractivity contribution in [3.63, 3.8) is 0 Å². The molecule has 15 nitrogen and oxygen atoms in total. The Morgan fingerprint density at radius 1 is 0.735 bits per heavy atom. The van der Waals surface area contributed by atoms with Crippen molar-refractivity contribution in [2.45, 2.75) is 110 Å². The van der Waals surface area contributed by atoms with E-state index >= 15 is 0 Å². The first-order chi connectivity index (χ1) is 22.5. The molecule has 0 aromatic heterocycles. The molecule has 6 aliphatic rings. The predicted molar refractivity (Wildman–Crippen MR) is 184 cm³/mol. The number of nitrogens with zero attached hydrogens (tertiary/aromatic N) is 2. The second-order valence-electron chi connectivity index (χ2n) is 13.5. The van der Waals surface area contributed by atoms with Gasteiger partial charge >= 0.3 is 11.9 Å². The minimum absolute atomic E-state index is 0.